The maximum absolute atomic E-state index is 10.7. The molecule has 0 aliphatic heterocycles. The maximum atomic E-state index is 10.7. The Morgan fingerprint density at radius 1 is 1.70 bits per heavy atom. The SMILES string of the molecule is Cc1cc(=O)[nH]cc1CBr. The van der Waals surface area contributed by atoms with Gasteiger partial charge in [-0.05, 0) is 18.1 Å². The highest BCUT2D eigenvalue weighted by molar-refractivity contribution is 9.08. The van der Waals surface area contributed by atoms with E-state index in [1.165, 1.54) is 0 Å². The van der Waals surface area contributed by atoms with Gasteiger partial charge in [0.1, 0.15) is 0 Å². The lowest BCUT2D eigenvalue weighted by Gasteiger charge is -1.97. The fourth-order valence-corrected chi connectivity index (χ4v) is 1.35. The van der Waals surface area contributed by atoms with Gasteiger partial charge in [-0.25, -0.2) is 0 Å². The van der Waals surface area contributed by atoms with E-state index in [0.717, 1.165) is 16.5 Å². The molecular weight excluding hydrogens is 194 g/mol. The van der Waals surface area contributed by atoms with E-state index in [9.17, 15) is 4.79 Å². The van der Waals surface area contributed by atoms with Crippen LogP contribution in [0.3, 0.4) is 0 Å². The van der Waals surface area contributed by atoms with Crippen LogP contribution in [0.2, 0.25) is 0 Å². The molecule has 10 heavy (non-hydrogen) atoms. The summed E-state index contributed by atoms with van der Waals surface area (Å²) in [5, 5.41) is 0.787. The van der Waals surface area contributed by atoms with E-state index in [-0.39, 0.29) is 5.56 Å². The Balaban J connectivity index is 3.19. The van der Waals surface area contributed by atoms with Gasteiger partial charge in [0.05, 0.1) is 0 Å². The smallest absolute Gasteiger partial charge is 0.248 e. The van der Waals surface area contributed by atoms with Crippen molar-refractivity contribution in [3.63, 3.8) is 0 Å². The zero-order valence-corrected chi connectivity index (χ0v) is 7.23. The lowest BCUT2D eigenvalue weighted by molar-refractivity contribution is 1.15. The van der Waals surface area contributed by atoms with Crippen molar-refractivity contribution in [3.8, 4) is 0 Å². The van der Waals surface area contributed by atoms with Crippen molar-refractivity contribution in [2.24, 2.45) is 0 Å². The molecule has 2 nitrogen and oxygen atoms in total. The van der Waals surface area contributed by atoms with E-state index in [2.05, 4.69) is 20.9 Å². The third-order valence-corrected chi connectivity index (χ3v) is 1.99. The summed E-state index contributed by atoms with van der Waals surface area (Å²) < 4.78 is 0. The number of aryl methyl sites for hydroxylation is 1. The second-order valence-electron chi connectivity index (χ2n) is 2.14. The molecule has 0 saturated heterocycles. The van der Waals surface area contributed by atoms with Gasteiger partial charge in [0.25, 0.3) is 0 Å². The molecule has 1 N–H and O–H groups in total. The zero-order valence-electron chi connectivity index (χ0n) is 5.65. The van der Waals surface area contributed by atoms with Crippen molar-refractivity contribution in [1.82, 2.24) is 4.98 Å². The lowest BCUT2D eigenvalue weighted by atomic mass is 10.2. The summed E-state index contributed by atoms with van der Waals surface area (Å²) in [6, 6.07) is 1.59. The number of pyridine rings is 1. The van der Waals surface area contributed by atoms with Crippen LogP contribution in [-0.4, -0.2) is 4.98 Å². The Bertz CT molecular complexity index is 279. The molecule has 0 aliphatic carbocycles. The molecule has 0 radical (unpaired) electrons. The summed E-state index contributed by atoms with van der Waals surface area (Å²) in [5.41, 5.74) is 2.11. The predicted octanol–water partition coefficient (Wildman–Crippen LogP) is 1.58. The molecule has 0 atom stereocenters. The van der Waals surface area contributed by atoms with Crippen LogP contribution >= 0.6 is 15.9 Å². The number of hydrogen-bond acceptors (Lipinski definition) is 1. The van der Waals surface area contributed by atoms with Gasteiger partial charge in [-0.3, -0.25) is 4.79 Å². The van der Waals surface area contributed by atoms with Crippen molar-refractivity contribution < 1.29 is 0 Å². The number of H-pyrrole nitrogens is 1. The summed E-state index contributed by atoms with van der Waals surface area (Å²) in [6.07, 6.45) is 1.73. The largest absolute Gasteiger partial charge is 0.329 e. The standard InChI is InChI=1S/C7H8BrNO/c1-5-2-7(10)9-4-6(5)3-8/h2,4H,3H2,1H3,(H,9,10). The van der Waals surface area contributed by atoms with Crippen LogP contribution in [0.15, 0.2) is 17.1 Å². The van der Waals surface area contributed by atoms with Gasteiger partial charge in [-0.1, -0.05) is 15.9 Å². The second kappa shape index (κ2) is 3.01. The van der Waals surface area contributed by atoms with Crippen LogP contribution in [-0.2, 0) is 5.33 Å². The molecule has 0 spiro atoms. The van der Waals surface area contributed by atoms with Crippen molar-refractivity contribution in [2.45, 2.75) is 12.3 Å². The first kappa shape index (κ1) is 7.54. The predicted molar refractivity (Wildman–Crippen MR) is 44.4 cm³/mol. The minimum absolute atomic E-state index is 0.0396. The fourth-order valence-electron chi connectivity index (χ4n) is 0.747. The molecule has 3 heteroatoms. The normalized spacial score (nSPS) is 9.80. The molecule has 0 aromatic carbocycles. The summed E-state index contributed by atoms with van der Waals surface area (Å²) in [4.78, 5) is 13.3. The molecule has 1 aromatic heterocycles. The molecule has 0 saturated carbocycles. The van der Waals surface area contributed by atoms with E-state index in [1.54, 1.807) is 12.3 Å². The highest BCUT2D eigenvalue weighted by Crippen LogP contribution is 2.06. The highest BCUT2D eigenvalue weighted by atomic mass is 79.9. The first-order valence-electron chi connectivity index (χ1n) is 2.98. The van der Waals surface area contributed by atoms with Gasteiger partial charge in [0.15, 0.2) is 0 Å². The number of nitrogens with one attached hydrogen (secondary N) is 1. The Kier molecular flexibility index (Phi) is 2.27. The molecule has 0 amide bonds. The Morgan fingerprint density at radius 2 is 2.40 bits per heavy atom. The molecule has 1 rings (SSSR count). The molecule has 0 bridgehead atoms. The van der Waals surface area contributed by atoms with Gasteiger partial charge >= 0.3 is 0 Å². The second-order valence-corrected chi connectivity index (χ2v) is 2.70. The van der Waals surface area contributed by atoms with E-state index < -0.39 is 0 Å². The molecule has 0 aliphatic rings. The molecule has 0 unspecified atom stereocenters. The Morgan fingerprint density at radius 3 is 2.90 bits per heavy atom. The Labute approximate surface area is 67.4 Å². The molecule has 1 heterocycles. The van der Waals surface area contributed by atoms with Crippen molar-refractivity contribution in [2.75, 3.05) is 0 Å². The summed E-state index contributed by atoms with van der Waals surface area (Å²) >= 11 is 3.31. The van der Waals surface area contributed by atoms with E-state index >= 15 is 0 Å². The molecular formula is C7H8BrNO. The third kappa shape index (κ3) is 1.48. The van der Waals surface area contributed by atoms with Gasteiger partial charge < -0.3 is 4.98 Å². The van der Waals surface area contributed by atoms with Crippen LogP contribution in [0.4, 0.5) is 0 Å². The van der Waals surface area contributed by atoms with Gasteiger partial charge in [0, 0.05) is 17.6 Å². The van der Waals surface area contributed by atoms with Crippen molar-refractivity contribution >= 4 is 15.9 Å². The van der Waals surface area contributed by atoms with Crippen LogP contribution in [0.25, 0.3) is 0 Å². The average Bonchev–Trinajstić information content (AvgIpc) is 1.88. The number of aromatic nitrogens is 1. The lowest BCUT2D eigenvalue weighted by Crippen LogP contribution is -2.04. The minimum Gasteiger partial charge on any atom is -0.329 e. The van der Waals surface area contributed by atoms with Crippen LogP contribution < -0.4 is 5.56 Å². The highest BCUT2D eigenvalue weighted by Gasteiger charge is 1.94. The van der Waals surface area contributed by atoms with Crippen molar-refractivity contribution in [1.29, 1.82) is 0 Å². The fraction of sp³-hybridized carbons (Fsp3) is 0.286. The number of halogens is 1. The zero-order chi connectivity index (χ0) is 7.56. The van der Waals surface area contributed by atoms with E-state index in [0.29, 0.717) is 0 Å². The van der Waals surface area contributed by atoms with Crippen LogP contribution in [0.1, 0.15) is 11.1 Å². The third-order valence-electron chi connectivity index (χ3n) is 1.39. The minimum atomic E-state index is -0.0396. The van der Waals surface area contributed by atoms with Crippen LogP contribution in [0.5, 0.6) is 0 Å². The first-order valence-corrected chi connectivity index (χ1v) is 4.10. The van der Waals surface area contributed by atoms with Gasteiger partial charge in [-0.2, -0.15) is 0 Å². The Hall–Kier alpha value is -0.570. The van der Waals surface area contributed by atoms with Gasteiger partial charge in [0.2, 0.25) is 5.56 Å². The number of alkyl halides is 1. The summed E-state index contributed by atoms with van der Waals surface area (Å²) in [7, 11) is 0. The van der Waals surface area contributed by atoms with Gasteiger partial charge in [-0.15, -0.1) is 0 Å². The van der Waals surface area contributed by atoms with E-state index in [1.807, 2.05) is 6.92 Å². The summed E-state index contributed by atoms with van der Waals surface area (Å²) in [5.74, 6) is 0. The number of rotatable bonds is 1. The molecule has 54 valence electrons. The summed E-state index contributed by atoms with van der Waals surface area (Å²) in [6.45, 7) is 1.92. The van der Waals surface area contributed by atoms with E-state index in [4.69, 9.17) is 0 Å². The topological polar surface area (TPSA) is 32.9 Å². The average molecular weight is 202 g/mol. The first-order chi connectivity index (χ1) is 4.74. The molecule has 1 aromatic rings. The number of aromatic amines is 1. The monoisotopic (exact) mass is 201 g/mol. The quantitative estimate of drug-likeness (QED) is 0.689. The maximum Gasteiger partial charge on any atom is 0.248 e. The molecule has 0 fully saturated rings. The van der Waals surface area contributed by atoms with Crippen molar-refractivity contribution in [3.05, 3.63) is 33.7 Å². The van der Waals surface area contributed by atoms with Crippen LogP contribution in [0, 0.1) is 6.92 Å². The number of hydrogen-bond donors (Lipinski definition) is 1.